The lowest BCUT2D eigenvalue weighted by atomic mass is 9.85. The third kappa shape index (κ3) is 5.76. The third-order valence-electron chi connectivity index (χ3n) is 7.34. The van der Waals surface area contributed by atoms with Crippen molar-refractivity contribution in [2.75, 3.05) is 19.4 Å². The molecule has 0 aliphatic carbocycles. The molecule has 0 radical (unpaired) electrons. The molecule has 0 heterocycles. The molecule has 9 heteroatoms. The fourth-order valence-corrected chi connectivity index (χ4v) is 13.8. The highest BCUT2D eigenvalue weighted by Gasteiger charge is 2.77. The average molecular weight is 582 g/mol. The van der Waals surface area contributed by atoms with Gasteiger partial charge in [0, 0.05) is 0 Å². The van der Waals surface area contributed by atoms with E-state index in [1.807, 2.05) is 54.6 Å². The summed E-state index contributed by atoms with van der Waals surface area (Å²) in [5.41, 5.74) is -3.44. The first-order valence-electron chi connectivity index (χ1n) is 13.2. The molecule has 0 bridgehead atoms. The molecule has 1 N–H and O–H groups in total. The van der Waals surface area contributed by atoms with E-state index in [2.05, 4.69) is 0 Å². The first-order valence-corrected chi connectivity index (χ1v) is 16.7. The maximum atomic E-state index is 15.5. The van der Waals surface area contributed by atoms with Gasteiger partial charge in [0.25, 0.3) is 0 Å². The van der Waals surface area contributed by atoms with Gasteiger partial charge < -0.3 is 14.2 Å². The van der Waals surface area contributed by atoms with E-state index < -0.39 is 38.0 Å². The molecule has 0 aliphatic rings. The highest BCUT2D eigenvalue weighted by molar-refractivity contribution is 7.97. The van der Waals surface area contributed by atoms with Crippen LogP contribution in [-0.4, -0.2) is 41.4 Å². The van der Waals surface area contributed by atoms with Gasteiger partial charge in [-0.3, -0.25) is 4.57 Å². The zero-order valence-corrected chi connectivity index (χ0v) is 24.7. The number of hydrogen-bond acceptors (Lipinski definition) is 4. The van der Waals surface area contributed by atoms with Gasteiger partial charge >= 0.3 is 13.8 Å². The molecule has 0 fully saturated rings. The summed E-state index contributed by atoms with van der Waals surface area (Å²) in [6, 6.07) is 27.3. The van der Waals surface area contributed by atoms with Crippen LogP contribution in [0.4, 0.5) is 13.2 Å². The maximum Gasteiger partial charge on any atom is 0.422 e. The van der Waals surface area contributed by atoms with Gasteiger partial charge in [0.2, 0.25) is 5.60 Å². The molecule has 4 nitrogen and oxygen atoms in total. The molecule has 0 aliphatic heterocycles. The molecule has 212 valence electrons. The Morgan fingerprint density at radius 2 is 1.10 bits per heavy atom. The van der Waals surface area contributed by atoms with E-state index in [9.17, 15) is 9.67 Å². The smallest absolute Gasteiger partial charge is 0.377 e. The van der Waals surface area contributed by atoms with Crippen LogP contribution in [-0.2, 0) is 13.6 Å². The molecule has 2 unspecified atom stereocenters. The molecule has 0 spiro atoms. The van der Waals surface area contributed by atoms with Crippen molar-refractivity contribution < 1.29 is 31.9 Å². The molecule has 3 aromatic carbocycles. The monoisotopic (exact) mass is 581 g/mol. The quantitative estimate of drug-likeness (QED) is 0.219. The van der Waals surface area contributed by atoms with Crippen molar-refractivity contribution in [3.8, 4) is 0 Å². The molecule has 0 aromatic heterocycles. The molecular formula is C30H38F3O4P2+. The summed E-state index contributed by atoms with van der Waals surface area (Å²) in [6.07, 6.45) is -6.04. The van der Waals surface area contributed by atoms with E-state index in [0.717, 1.165) is 0 Å². The number of halogens is 3. The van der Waals surface area contributed by atoms with Crippen LogP contribution in [0.25, 0.3) is 0 Å². The Morgan fingerprint density at radius 3 is 1.38 bits per heavy atom. The van der Waals surface area contributed by atoms with Crippen LogP contribution in [0.1, 0.15) is 40.5 Å². The Morgan fingerprint density at radius 1 is 0.744 bits per heavy atom. The van der Waals surface area contributed by atoms with Crippen LogP contribution >= 0.6 is 14.9 Å². The van der Waals surface area contributed by atoms with Crippen molar-refractivity contribution in [3.63, 3.8) is 0 Å². The summed E-state index contributed by atoms with van der Waals surface area (Å²) in [6.45, 7) is 6.15. The van der Waals surface area contributed by atoms with Gasteiger partial charge in [0.05, 0.1) is 19.4 Å². The predicted molar refractivity (Wildman–Crippen MR) is 155 cm³/mol. The second-order valence-corrected chi connectivity index (χ2v) is 15.6. The molecule has 0 saturated carbocycles. The van der Waals surface area contributed by atoms with Crippen molar-refractivity contribution in [1.82, 2.24) is 0 Å². The summed E-state index contributed by atoms with van der Waals surface area (Å²) in [5, 5.41) is 12.5. The summed E-state index contributed by atoms with van der Waals surface area (Å²) < 4.78 is 71.1. The fourth-order valence-electron chi connectivity index (χ4n) is 5.76. The van der Waals surface area contributed by atoms with Gasteiger partial charge in [-0.05, 0) is 63.6 Å². The van der Waals surface area contributed by atoms with E-state index >= 15 is 13.2 Å². The van der Waals surface area contributed by atoms with Crippen LogP contribution in [0.15, 0.2) is 91.0 Å². The number of rotatable bonds is 13. The van der Waals surface area contributed by atoms with E-state index in [4.69, 9.17) is 9.05 Å². The summed E-state index contributed by atoms with van der Waals surface area (Å²) in [7, 11) is -7.69. The molecule has 3 aromatic rings. The number of hydrogen-bond donors (Lipinski definition) is 1. The average Bonchev–Trinajstić information content (AvgIpc) is 2.90. The van der Waals surface area contributed by atoms with Crippen molar-refractivity contribution in [1.29, 1.82) is 0 Å². The standard InChI is InChI=1S/C30H38F3O4P2/c1-5-23-28(4,29(34,30(31,32)33)24-38(35,36-6-2)37-7-3)39(25-17-11-8-12-18-25,26-19-13-9-14-20-26)27-21-15-10-16-22-27/h8-22,34H,5-7,23-24H2,1-4H3/q+1. The molecular weight excluding hydrogens is 543 g/mol. The number of benzene rings is 3. The Kier molecular flexibility index (Phi) is 10.2. The molecule has 39 heavy (non-hydrogen) atoms. The van der Waals surface area contributed by atoms with Gasteiger partial charge in [-0.1, -0.05) is 67.9 Å². The summed E-state index contributed by atoms with van der Waals surface area (Å²) in [5.74, 6) is 0. The predicted octanol–water partition coefficient (Wildman–Crippen LogP) is 7.10. The minimum Gasteiger partial charge on any atom is -0.377 e. The normalized spacial score (nSPS) is 15.9. The highest BCUT2D eigenvalue weighted by atomic mass is 31.2. The maximum absolute atomic E-state index is 15.5. The summed E-state index contributed by atoms with van der Waals surface area (Å²) >= 11 is 0. The second-order valence-electron chi connectivity index (χ2n) is 9.66. The Balaban J connectivity index is 2.56. The highest BCUT2D eigenvalue weighted by Crippen LogP contribution is 2.74. The molecule has 2 atom stereocenters. The minimum atomic E-state index is -5.16. The third-order valence-corrected chi connectivity index (χ3v) is 14.8. The zero-order valence-electron chi connectivity index (χ0n) is 22.9. The molecule has 0 amide bonds. The first-order chi connectivity index (χ1) is 18.5. The molecule has 0 saturated heterocycles. The van der Waals surface area contributed by atoms with Gasteiger partial charge in [-0.25, -0.2) is 0 Å². The summed E-state index contributed by atoms with van der Waals surface area (Å²) in [4.78, 5) is 0. The lowest BCUT2D eigenvalue weighted by molar-refractivity contribution is -0.264. The largest absolute Gasteiger partial charge is 0.422 e. The van der Waals surface area contributed by atoms with E-state index in [-0.39, 0.29) is 19.6 Å². The second kappa shape index (κ2) is 12.7. The van der Waals surface area contributed by atoms with Crippen molar-refractivity contribution in [2.24, 2.45) is 0 Å². The van der Waals surface area contributed by atoms with Crippen molar-refractivity contribution >= 4 is 30.8 Å². The van der Waals surface area contributed by atoms with Crippen LogP contribution in [0.2, 0.25) is 0 Å². The van der Waals surface area contributed by atoms with E-state index in [0.29, 0.717) is 22.3 Å². The number of alkyl halides is 3. The van der Waals surface area contributed by atoms with Gasteiger partial charge in [0.15, 0.2) is 0 Å². The van der Waals surface area contributed by atoms with Crippen molar-refractivity contribution in [3.05, 3.63) is 91.0 Å². The fraction of sp³-hybridized carbons (Fsp3) is 0.400. The van der Waals surface area contributed by atoms with Crippen LogP contribution in [0, 0.1) is 0 Å². The van der Waals surface area contributed by atoms with Crippen LogP contribution in [0.5, 0.6) is 0 Å². The van der Waals surface area contributed by atoms with Gasteiger partial charge in [-0.2, -0.15) is 13.2 Å². The Hall–Kier alpha value is -2.01. The van der Waals surface area contributed by atoms with E-state index in [1.54, 1.807) is 57.2 Å². The lowest BCUT2D eigenvalue weighted by Crippen LogP contribution is -2.68. The lowest BCUT2D eigenvalue weighted by Gasteiger charge is -2.52. The van der Waals surface area contributed by atoms with E-state index in [1.165, 1.54) is 6.92 Å². The SMILES string of the molecule is CCCC(C)(C(O)(CP(=O)(OCC)OCC)C(F)(F)F)[P+](c1ccccc1)(c1ccccc1)c1ccccc1. The van der Waals surface area contributed by atoms with Crippen molar-refractivity contribution in [2.45, 2.75) is 57.5 Å². The van der Waals surface area contributed by atoms with Gasteiger partial charge in [-0.15, -0.1) is 0 Å². The zero-order chi connectivity index (χ0) is 28.8. The minimum absolute atomic E-state index is 0.00623. The first kappa shape index (κ1) is 31.5. The molecule has 3 rings (SSSR count). The topological polar surface area (TPSA) is 55.8 Å². The van der Waals surface area contributed by atoms with Crippen LogP contribution in [0.3, 0.4) is 0 Å². The Bertz CT molecular complexity index is 1120. The van der Waals surface area contributed by atoms with Gasteiger partial charge in [0.1, 0.15) is 28.3 Å². The van der Waals surface area contributed by atoms with Crippen LogP contribution < -0.4 is 15.9 Å². The Labute approximate surface area is 230 Å². The number of aliphatic hydroxyl groups is 1.